The predicted octanol–water partition coefficient (Wildman–Crippen LogP) is 4.00. The summed E-state index contributed by atoms with van der Waals surface area (Å²) in [6, 6.07) is 8.98. The Bertz CT molecular complexity index is 722. The van der Waals surface area contributed by atoms with Gasteiger partial charge in [0, 0.05) is 18.0 Å². The number of rotatable bonds is 8. The molecular weight excluding hydrogens is 334 g/mol. The fraction of sp³-hybridized carbons (Fsp3) is 0.636. The zero-order valence-corrected chi connectivity index (χ0v) is 17.4. The van der Waals surface area contributed by atoms with E-state index in [9.17, 15) is 0 Å². The molecule has 5 heteroatoms. The van der Waals surface area contributed by atoms with Crippen LogP contribution in [0, 0.1) is 5.92 Å². The van der Waals surface area contributed by atoms with Crippen molar-refractivity contribution in [3.63, 3.8) is 0 Å². The number of nitrogens with zero attached hydrogens (tertiary/aromatic N) is 4. The van der Waals surface area contributed by atoms with Gasteiger partial charge in [0.2, 0.25) is 0 Å². The van der Waals surface area contributed by atoms with E-state index in [0.29, 0.717) is 6.04 Å². The maximum atomic E-state index is 4.89. The molecule has 27 heavy (non-hydrogen) atoms. The molecule has 0 bridgehead atoms. The van der Waals surface area contributed by atoms with E-state index >= 15 is 0 Å². The molecular formula is C22H35N5. The van der Waals surface area contributed by atoms with Crippen molar-refractivity contribution in [2.24, 2.45) is 5.92 Å². The molecule has 0 aliphatic heterocycles. The lowest BCUT2D eigenvalue weighted by atomic mass is 9.87. The Kier molecular flexibility index (Phi) is 7.02. The van der Waals surface area contributed by atoms with Gasteiger partial charge in [-0.2, -0.15) is 0 Å². The highest BCUT2D eigenvalue weighted by Crippen LogP contribution is 2.27. The standard InChI is InChI=1S/C22H35N5/c1-17-10-12-18(13-11-17)27(4)16-21-24-20-9-6-5-8-19(20)22(25-21)23-14-7-15-26(2)3/h5-6,8-9,17-18H,7,10-16H2,1-4H3,(H,23,24,25). The average Bonchev–Trinajstić information content (AvgIpc) is 2.65. The third kappa shape index (κ3) is 5.63. The van der Waals surface area contributed by atoms with E-state index in [0.717, 1.165) is 54.5 Å². The number of hydrogen-bond acceptors (Lipinski definition) is 5. The monoisotopic (exact) mass is 369 g/mol. The molecule has 5 nitrogen and oxygen atoms in total. The van der Waals surface area contributed by atoms with Crippen molar-refractivity contribution in [2.45, 2.75) is 51.6 Å². The van der Waals surface area contributed by atoms with Crippen LogP contribution in [0.25, 0.3) is 10.9 Å². The lowest BCUT2D eigenvalue weighted by molar-refractivity contribution is 0.161. The topological polar surface area (TPSA) is 44.3 Å². The molecule has 1 saturated carbocycles. The van der Waals surface area contributed by atoms with E-state index in [4.69, 9.17) is 9.97 Å². The molecule has 0 radical (unpaired) electrons. The van der Waals surface area contributed by atoms with Crippen LogP contribution in [-0.2, 0) is 6.54 Å². The lowest BCUT2D eigenvalue weighted by Gasteiger charge is -2.33. The number of anilines is 1. The summed E-state index contributed by atoms with van der Waals surface area (Å²) >= 11 is 0. The van der Waals surface area contributed by atoms with Crippen molar-refractivity contribution in [1.29, 1.82) is 0 Å². The first-order chi connectivity index (χ1) is 13.0. The van der Waals surface area contributed by atoms with Crippen molar-refractivity contribution in [3.05, 3.63) is 30.1 Å². The maximum absolute atomic E-state index is 4.89. The fourth-order valence-corrected chi connectivity index (χ4v) is 3.97. The molecule has 1 aliphatic rings. The second-order valence-electron chi connectivity index (χ2n) is 8.42. The van der Waals surface area contributed by atoms with Gasteiger partial charge in [0.1, 0.15) is 11.6 Å². The Morgan fingerprint density at radius 2 is 1.78 bits per heavy atom. The van der Waals surface area contributed by atoms with Gasteiger partial charge in [0.25, 0.3) is 0 Å². The second kappa shape index (κ2) is 9.47. The van der Waals surface area contributed by atoms with Crippen LogP contribution in [0.3, 0.4) is 0 Å². The second-order valence-corrected chi connectivity index (χ2v) is 8.42. The number of fused-ring (bicyclic) bond motifs is 1. The molecule has 1 heterocycles. The van der Waals surface area contributed by atoms with E-state index in [1.807, 2.05) is 0 Å². The quantitative estimate of drug-likeness (QED) is 0.713. The van der Waals surface area contributed by atoms with Crippen molar-refractivity contribution >= 4 is 16.7 Å². The Balaban J connectivity index is 1.71. The van der Waals surface area contributed by atoms with Crippen molar-refractivity contribution in [3.8, 4) is 0 Å². The maximum Gasteiger partial charge on any atom is 0.145 e. The Morgan fingerprint density at radius 1 is 1.04 bits per heavy atom. The molecule has 0 amide bonds. The summed E-state index contributed by atoms with van der Waals surface area (Å²) in [7, 11) is 6.45. The molecule has 1 fully saturated rings. The third-order valence-corrected chi connectivity index (χ3v) is 5.72. The zero-order chi connectivity index (χ0) is 19.2. The summed E-state index contributed by atoms with van der Waals surface area (Å²) < 4.78 is 0. The molecule has 148 valence electrons. The van der Waals surface area contributed by atoms with Gasteiger partial charge in [-0.25, -0.2) is 9.97 Å². The van der Waals surface area contributed by atoms with Gasteiger partial charge in [-0.05, 0) is 77.8 Å². The summed E-state index contributed by atoms with van der Waals surface area (Å²) in [4.78, 5) is 14.4. The first kappa shape index (κ1) is 20.0. The lowest BCUT2D eigenvalue weighted by Crippen LogP contribution is -2.34. The van der Waals surface area contributed by atoms with Crippen LogP contribution >= 0.6 is 0 Å². The third-order valence-electron chi connectivity index (χ3n) is 5.72. The average molecular weight is 370 g/mol. The van der Waals surface area contributed by atoms with Crippen molar-refractivity contribution in [1.82, 2.24) is 19.8 Å². The van der Waals surface area contributed by atoms with E-state index in [-0.39, 0.29) is 0 Å². The summed E-state index contributed by atoms with van der Waals surface area (Å²) in [5, 5.41) is 4.66. The summed E-state index contributed by atoms with van der Waals surface area (Å²) in [5.74, 6) is 2.77. The van der Waals surface area contributed by atoms with E-state index in [2.05, 4.69) is 67.4 Å². The predicted molar refractivity (Wildman–Crippen MR) is 114 cm³/mol. The molecule has 0 unspecified atom stereocenters. The number of nitrogens with one attached hydrogen (secondary N) is 1. The Hall–Kier alpha value is -1.72. The SMILES string of the molecule is CC1CCC(N(C)Cc2nc(NCCCN(C)C)c3ccccc3n2)CC1. The summed E-state index contributed by atoms with van der Waals surface area (Å²) in [5.41, 5.74) is 1.03. The highest BCUT2D eigenvalue weighted by atomic mass is 15.2. The number of benzene rings is 1. The molecule has 1 aromatic carbocycles. The van der Waals surface area contributed by atoms with E-state index in [1.54, 1.807) is 0 Å². The minimum absolute atomic E-state index is 0.660. The zero-order valence-electron chi connectivity index (χ0n) is 17.4. The van der Waals surface area contributed by atoms with E-state index in [1.165, 1.54) is 25.7 Å². The number of para-hydroxylation sites is 1. The Labute approximate surface area is 164 Å². The van der Waals surface area contributed by atoms with Crippen LogP contribution in [0.2, 0.25) is 0 Å². The van der Waals surface area contributed by atoms with Gasteiger partial charge in [-0.3, -0.25) is 4.90 Å². The van der Waals surface area contributed by atoms with E-state index < -0.39 is 0 Å². The highest BCUT2D eigenvalue weighted by Gasteiger charge is 2.22. The van der Waals surface area contributed by atoms with Gasteiger partial charge < -0.3 is 10.2 Å². The number of aromatic nitrogens is 2. The first-order valence-corrected chi connectivity index (χ1v) is 10.4. The van der Waals surface area contributed by atoms with Gasteiger partial charge >= 0.3 is 0 Å². The van der Waals surface area contributed by atoms with Gasteiger partial charge in [0.05, 0.1) is 12.1 Å². The number of hydrogen-bond donors (Lipinski definition) is 1. The molecule has 1 N–H and O–H groups in total. The first-order valence-electron chi connectivity index (χ1n) is 10.4. The molecule has 1 aliphatic carbocycles. The van der Waals surface area contributed by atoms with Gasteiger partial charge in [-0.1, -0.05) is 19.1 Å². The molecule has 0 saturated heterocycles. The van der Waals surface area contributed by atoms with Gasteiger partial charge in [0.15, 0.2) is 0 Å². The molecule has 0 spiro atoms. The van der Waals surface area contributed by atoms with Crippen LogP contribution in [0.1, 0.15) is 44.9 Å². The van der Waals surface area contributed by atoms with Crippen LogP contribution in [0.4, 0.5) is 5.82 Å². The summed E-state index contributed by atoms with van der Waals surface area (Å²) in [6.07, 6.45) is 6.36. The Morgan fingerprint density at radius 3 is 2.52 bits per heavy atom. The molecule has 0 atom stereocenters. The smallest absolute Gasteiger partial charge is 0.145 e. The largest absolute Gasteiger partial charge is 0.369 e. The molecule has 2 aromatic rings. The summed E-state index contributed by atoms with van der Waals surface area (Å²) in [6.45, 7) is 5.19. The van der Waals surface area contributed by atoms with Crippen LogP contribution in [0.5, 0.6) is 0 Å². The minimum atomic E-state index is 0.660. The fourth-order valence-electron chi connectivity index (χ4n) is 3.97. The highest BCUT2D eigenvalue weighted by molar-refractivity contribution is 5.88. The molecule has 3 rings (SSSR count). The molecule has 1 aromatic heterocycles. The van der Waals surface area contributed by atoms with Crippen molar-refractivity contribution in [2.75, 3.05) is 39.5 Å². The van der Waals surface area contributed by atoms with Crippen LogP contribution in [0.15, 0.2) is 24.3 Å². The van der Waals surface area contributed by atoms with Crippen LogP contribution in [-0.4, -0.2) is 60.0 Å². The van der Waals surface area contributed by atoms with Crippen LogP contribution < -0.4 is 5.32 Å². The normalized spacial score (nSPS) is 20.5. The van der Waals surface area contributed by atoms with Crippen molar-refractivity contribution < 1.29 is 0 Å². The minimum Gasteiger partial charge on any atom is -0.369 e. The van der Waals surface area contributed by atoms with Gasteiger partial charge in [-0.15, -0.1) is 0 Å².